The van der Waals surface area contributed by atoms with Crippen molar-refractivity contribution in [2.45, 2.75) is 154 Å². The smallest absolute Gasteiger partial charge is 0.263 e. The van der Waals surface area contributed by atoms with Crippen LogP contribution in [0.4, 0.5) is 17.5 Å². The number of piperazine rings is 1. The van der Waals surface area contributed by atoms with Crippen LogP contribution in [0.1, 0.15) is 172 Å². The van der Waals surface area contributed by atoms with Gasteiger partial charge in [0.15, 0.2) is 5.78 Å². The second-order valence-electron chi connectivity index (χ2n) is 21.4. The van der Waals surface area contributed by atoms with Crippen molar-refractivity contribution in [2.24, 2.45) is 5.92 Å². The van der Waals surface area contributed by atoms with Gasteiger partial charge in [-0.15, -0.1) is 11.3 Å². The van der Waals surface area contributed by atoms with Gasteiger partial charge < -0.3 is 35.4 Å². The van der Waals surface area contributed by atoms with Crippen molar-refractivity contribution in [1.29, 1.82) is 0 Å². The zero-order chi connectivity index (χ0) is 54.0. The lowest BCUT2D eigenvalue weighted by Gasteiger charge is -2.36. The van der Waals surface area contributed by atoms with Crippen LogP contribution in [0, 0.1) is 12.8 Å². The van der Waals surface area contributed by atoms with Crippen LogP contribution in [0.15, 0.2) is 59.0 Å². The topological polar surface area (TPSA) is 214 Å². The lowest BCUT2D eigenvalue weighted by atomic mass is 9.83. The van der Waals surface area contributed by atoms with E-state index in [2.05, 4.69) is 30.8 Å². The highest BCUT2D eigenvalue weighted by Gasteiger charge is 2.40. The molecule has 4 fully saturated rings. The number of likely N-dealkylation sites (tertiary alicyclic amines) is 1. The summed E-state index contributed by atoms with van der Waals surface area (Å²) in [7, 11) is 1.74. The van der Waals surface area contributed by atoms with E-state index in [1.165, 1.54) is 18.3 Å². The van der Waals surface area contributed by atoms with Gasteiger partial charge in [-0.3, -0.25) is 33.3 Å². The van der Waals surface area contributed by atoms with Gasteiger partial charge in [0.1, 0.15) is 34.0 Å². The van der Waals surface area contributed by atoms with E-state index in [9.17, 15) is 28.8 Å². The average molecular weight is 1070 g/mol. The van der Waals surface area contributed by atoms with Crippen LogP contribution >= 0.6 is 11.3 Å². The molecule has 3 amide bonds. The number of hydrogen-bond donors (Lipinski definition) is 3. The zero-order valence-electron chi connectivity index (χ0n) is 45.2. The number of amides is 3. The Hall–Kier alpha value is -6.60. The number of thiazole rings is 1. The number of nitrogens with one attached hydrogen (secondary N) is 3. The first kappa shape index (κ1) is 55.2. The number of benzene rings is 1. The fraction of sp³-hybridized carbons (Fsp3) is 0.552. The van der Waals surface area contributed by atoms with E-state index < -0.39 is 12.1 Å². The third-order valence-corrected chi connectivity index (χ3v) is 17.2. The van der Waals surface area contributed by atoms with E-state index >= 15 is 0 Å². The van der Waals surface area contributed by atoms with Crippen LogP contribution in [-0.4, -0.2) is 122 Å². The predicted molar refractivity (Wildman–Crippen MR) is 298 cm³/mol. The molecular weight excluding hydrogens is 995 g/mol. The highest BCUT2D eigenvalue weighted by Crippen LogP contribution is 2.37. The van der Waals surface area contributed by atoms with Gasteiger partial charge in [0.2, 0.25) is 29.5 Å². The molecule has 6 heterocycles. The minimum absolute atomic E-state index is 0.00582. The Morgan fingerprint density at radius 1 is 0.831 bits per heavy atom. The first-order valence-electron chi connectivity index (χ1n) is 28.1. The number of carbonyl (C=O) groups is 5. The molecule has 9 rings (SSSR count). The van der Waals surface area contributed by atoms with Crippen LogP contribution in [0.25, 0.3) is 11.0 Å². The second-order valence-corrected chi connectivity index (χ2v) is 22.3. The first-order chi connectivity index (χ1) is 37.4. The summed E-state index contributed by atoms with van der Waals surface area (Å²) < 4.78 is 7.78. The largest absolute Gasteiger partial charge is 0.494 e. The number of aromatic nitrogens is 5. The number of Topliss-reactive ketones (excluding diaryl/α,β-unsaturated/α-hetero) is 1. The van der Waals surface area contributed by atoms with Gasteiger partial charge in [-0.1, -0.05) is 63.5 Å². The number of anilines is 3. The molecule has 0 bridgehead atoms. The molecular formula is C58H75N11O7S. The van der Waals surface area contributed by atoms with Crippen molar-refractivity contribution in [1.82, 2.24) is 44.9 Å². The van der Waals surface area contributed by atoms with Crippen LogP contribution < -0.4 is 31.1 Å². The molecule has 18 nitrogen and oxygen atoms in total. The highest BCUT2D eigenvalue weighted by atomic mass is 32.1. The maximum Gasteiger partial charge on any atom is 0.263 e. The lowest BCUT2D eigenvalue weighted by Crippen LogP contribution is -2.55. The van der Waals surface area contributed by atoms with Crippen molar-refractivity contribution >= 4 is 69.1 Å². The number of carbonyl (C=O) groups excluding carboxylic acids is 5. The molecule has 1 aromatic carbocycles. The SMILES string of the molecule is CNC(C)C(=O)N[C@H](C(=O)N1CCCC1c1nc(C(=O)c2cccc(OCCCCCCCC(=O)N3CCN(c4ccc(Nc5ncc6c(C)c(C(C)=O)c(=O)n(C7CCCC7)c6n5)nc4)CC3)c2)cs1)C1CCCCC1. The fourth-order valence-corrected chi connectivity index (χ4v) is 12.6. The molecule has 19 heteroatoms. The van der Waals surface area contributed by atoms with Gasteiger partial charge in [0.25, 0.3) is 5.56 Å². The number of rotatable bonds is 22. The normalized spacial score (nSPS) is 18.1. The van der Waals surface area contributed by atoms with E-state index in [1.54, 1.807) is 49.2 Å². The number of hydrogen-bond acceptors (Lipinski definition) is 15. The van der Waals surface area contributed by atoms with Crippen molar-refractivity contribution in [3.05, 3.63) is 91.9 Å². The Morgan fingerprint density at radius 3 is 2.32 bits per heavy atom. The van der Waals surface area contributed by atoms with Gasteiger partial charge in [-0.05, 0) is 115 Å². The number of aryl methyl sites for hydroxylation is 1. The number of ketones is 2. The molecule has 2 aliphatic heterocycles. The Kier molecular flexibility index (Phi) is 18.4. The molecule has 0 spiro atoms. The second kappa shape index (κ2) is 25.7. The summed E-state index contributed by atoms with van der Waals surface area (Å²) in [6.07, 6.45) is 19.1. The Labute approximate surface area is 455 Å². The number of ether oxygens (including phenoxy) is 1. The predicted octanol–water partition coefficient (Wildman–Crippen LogP) is 8.65. The number of likely N-dealkylation sites (N-methyl/N-ethyl adjacent to an activating group) is 1. The average Bonchev–Trinajstić information content (AvgIpc) is 4.29. The van der Waals surface area contributed by atoms with Crippen molar-refractivity contribution in [3.63, 3.8) is 0 Å². The summed E-state index contributed by atoms with van der Waals surface area (Å²) >= 11 is 1.41. The molecule has 0 radical (unpaired) electrons. The maximum absolute atomic E-state index is 14.2. The Bertz CT molecular complexity index is 2960. The monoisotopic (exact) mass is 1070 g/mol. The van der Waals surface area contributed by atoms with Gasteiger partial charge in [-0.25, -0.2) is 15.0 Å². The number of fused-ring (bicyclic) bond motifs is 1. The summed E-state index contributed by atoms with van der Waals surface area (Å²) in [4.78, 5) is 105. The van der Waals surface area contributed by atoms with Crippen LogP contribution in [0.2, 0.25) is 0 Å². The molecule has 2 saturated heterocycles. The van der Waals surface area contributed by atoms with Crippen molar-refractivity contribution in [2.75, 3.05) is 56.6 Å². The Morgan fingerprint density at radius 2 is 1.58 bits per heavy atom. The molecule has 3 N–H and O–H groups in total. The van der Waals surface area contributed by atoms with E-state index in [0.29, 0.717) is 91.1 Å². The van der Waals surface area contributed by atoms with E-state index in [4.69, 9.17) is 14.7 Å². The van der Waals surface area contributed by atoms with Gasteiger partial charge in [0.05, 0.1) is 36.1 Å². The summed E-state index contributed by atoms with van der Waals surface area (Å²) in [6.45, 7) is 8.84. The molecule has 2 unspecified atom stereocenters. The van der Waals surface area contributed by atoms with Crippen LogP contribution in [0.3, 0.4) is 0 Å². The summed E-state index contributed by atoms with van der Waals surface area (Å²) in [5.41, 5.74) is 2.86. The molecule has 2 aliphatic carbocycles. The zero-order valence-corrected chi connectivity index (χ0v) is 46.0. The molecule has 77 heavy (non-hydrogen) atoms. The van der Waals surface area contributed by atoms with E-state index in [-0.39, 0.29) is 58.4 Å². The van der Waals surface area contributed by atoms with Gasteiger partial charge in [-0.2, -0.15) is 4.98 Å². The van der Waals surface area contributed by atoms with E-state index in [0.717, 1.165) is 113 Å². The third-order valence-electron chi connectivity index (χ3n) is 16.2. The van der Waals surface area contributed by atoms with Crippen molar-refractivity contribution in [3.8, 4) is 5.75 Å². The standard InChI is InChI=1S/C58H75N11O7S/c1-37-45-35-61-58(65-53(45)69(42-20-12-13-21-42)56(74)50(37)39(3)70)63-48-26-25-43(34-60-48)66-28-30-67(31-29-66)49(71)24-11-6-5-7-14-32-76-44-22-15-19-41(33-44)52(72)46-36-77-55(62-46)47-23-16-27-68(47)57(75)51(40-17-9-8-10-18-40)64-54(73)38(2)59-4/h15,19,22,25-26,33-36,38,40,42,47,51,59H,5-14,16-18,20-21,23-24,27-32H2,1-4H3,(H,64,73)(H,60,61,63,65)/t38?,47?,51-/m0/s1. The Balaban J connectivity index is 0.675. The highest BCUT2D eigenvalue weighted by molar-refractivity contribution is 7.10. The number of nitrogens with zero attached hydrogens (tertiary/aromatic N) is 8. The van der Waals surface area contributed by atoms with Crippen molar-refractivity contribution < 1.29 is 28.7 Å². The van der Waals surface area contributed by atoms with Gasteiger partial charge in [0, 0.05) is 67.7 Å². The van der Waals surface area contributed by atoms with Gasteiger partial charge >= 0.3 is 0 Å². The minimum atomic E-state index is -0.578. The number of pyridine rings is 2. The summed E-state index contributed by atoms with van der Waals surface area (Å²) in [5.74, 6) is 1.13. The third kappa shape index (κ3) is 13.1. The molecule has 5 aromatic rings. The summed E-state index contributed by atoms with van der Waals surface area (Å²) in [6, 6.07) is 9.86. The minimum Gasteiger partial charge on any atom is -0.494 e. The fourth-order valence-electron chi connectivity index (χ4n) is 11.7. The molecule has 4 aromatic heterocycles. The van der Waals surface area contributed by atoms with Crippen LogP contribution in [0.5, 0.6) is 5.75 Å². The number of unbranched alkanes of at least 4 members (excludes halogenated alkanes) is 4. The van der Waals surface area contributed by atoms with E-state index in [1.807, 2.05) is 40.3 Å². The molecule has 410 valence electrons. The van der Waals surface area contributed by atoms with Crippen LogP contribution in [-0.2, 0) is 14.4 Å². The lowest BCUT2D eigenvalue weighted by molar-refractivity contribution is -0.139. The molecule has 4 aliphatic rings. The maximum atomic E-state index is 14.2. The molecule has 3 atom stereocenters. The quantitative estimate of drug-likeness (QED) is 0.0437. The molecule has 2 saturated carbocycles. The first-order valence-corrected chi connectivity index (χ1v) is 29.0. The summed E-state index contributed by atoms with van der Waals surface area (Å²) in [5, 5.41) is 12.5.